The van der Waals surface area contributed by atoms with Gasteiger partial charge in [0.25, 0.3) is 0 Å². The zero-order chi connectivity index (χ0) is 20.5. The number of fused-ring (bicyclic) bond motifs is 3. The Morgan fingerprint density at radius 1 is 1.03 bits per heavy atom. The van der Waals surface area contributed by atoms with E-state index in [1.54, 1.807) is 0 Å². The first kappa shape index (κ1) is 19.6. The standard InChI is InChI=1S/C24H27ClN4O/c1-17-2-7-22-21(16-17)24-27-26-23(29(24)14-15-30-22)19-9-12-28(13-10-19)11-8-18-3-5-20(25)6-4-18/h2-7,16,19H,8-15H2,1H3. The van der Waals surface area contributed by atoms with Crippen LogP contribution in [0.4, 0.5) is 0 Å². The molecule has 0 saturated carbocycles. The summed E-state index contributed by atoms with van der Waals surface area (Å²) in [6, 6.07) is 14.5. The van der Waals surface area contributed by atoms with E-state index in [-0.39, 0.29) is 0 Å². The number of rotatable bonds is 4. The van der Waals surface area contributed by atoms with E-state index in [0.717, 1.165) is 73.4 Å². The van der Waals surface area contributed by atoms with Crippen molar-refractivity contribution in [3.05, 3.63) is 64.4 Å². The molecule has 2 aliphatic rings. The van der Waals surface area contributed by atoms with Crippen LogP contribution >= 0.6 is 11.6 Å². The van der Waals surface area contributed by atoms with Gasteiger partial charge in [0.05, 0.1) is 12.1 Å². The van der Waals surface area contributed by atoms with Crippen molar-refractivity contribution in [2.75, 3.05) is 26.2 Å². The lowest BCUT2D eigenvalue weighted by Gasteiger charge is -2.31. The van der Waals surface area contributed by atoms with Gasteiger partial charge in [-0.25, -0.2) is 0 Å². The van der Waals surface area contributed by atoms with Crippen LogP contribution in [-0.4, -0.2) is 45.9 Å². The third kappa shape index (κ3) is 3.96. The Kier molecular flexibility index (Phi) is 5.48. The number of hydrogen-bond acceptors (Lipinski definition) is 4. The minimum atomic E-state index is 0.462. The first-order valence-electron chi connectivity index (χ1n) is 10.8. The SMILES string of the molecule is Cc1ccc2c(c1)-c1nnc(C3CCN(CCc4ccc(Cl)cc4)CC3)n1CCO2. The highest BCUT2D eigenvalue weighted by Gasteiger charge is 2.28. The Morgan fingerprint density at radius 2 is 1.83 bits per heavy atom. The Labute approximate surface area is 182 Å². The fraction of sp³-hybridized carbons (Fsp3) is 0.417. The smallest absolute Gasteiger partial charge is 0.167 e. The molecule has 5 rings (SSSR count). The number of aromatic nitrogens is 3. The zero-order valence-electron chi connectivity index (χ0n) is 17.4. The fourth-order valence-corrected chi connectivity index (χ4v) is 4.71. The van der Waals surface area contributed by atoms with Crippen molar-refractivity contribution in [3.8, 4) is 17.1 Å². The summed E-state index contributed by atoms with van der Waals surface area (Å²) in [5, 5.41) is 10.0. The van der Waals surface area contributed by atoms with Crippen LogP contribution < -0.4 is 4.74 Å². The Morgan fingerprint density at radius 3 is 2.63 bits per heavy atom. The van der Waals surface area contributed by atoms with Crippen LogP contribution in [0.1, 0.15) is 35.7 Å². The number of piperidine rings is 1. The highest BCUT2D eigenvalue weighted by atomic mass is 35.5. The maximum absolute atomic E-state index is 5.99. The lowest BCUT2D eigenvalue weighted by Crippen LogP contribution is -2.35. The van der Waals surface area contributed by atoms with E-state index in [1.165, 1.54) is 11.1 Å². The van der Waals surface area contributed by atoms with E-state index in [1.807, 2.05) is 18.2 Å². The predicted molar refractivity (Wildman–Crippen MR) is 119 cm³/mol. The van der Waals surface area contributed by atoms with Crippen molar-refractivity contribution in [2.24, 2.45) is 0 Å². The molecule has 1 aromatic heterocycles. The van der Waals surface area contributed by atoms with E-state index < -0.39 is 0 Å². The lowest BCUT2D eigenvalue weighted by atomic mass is 9.95. The number of likely N-dealkylation sites (tertiary alicyclic amines) is 1. The Hall–Kier alpha value is -2.37. The molecule has 6 heteroatoms. The van der Waals surface area contributed by atoms with Gasteiger partial charge in [0.1, 0.15) is 18.2 Å². The summed E-state index contributed by atoms with van der Waals surface area (Å²) in [4.78, 5) is 2.56. The summed E-state index contributed by atoms with van der Waals surface area (Å²) in [5.41, 5.74) is 3.62. The van der Waals surface area contributed by atoms with Crippen molar-refractivity contribution in [2.45, 2.75) is 38.6 Å². The third-order valence-electron chi connectivity index (χ3n) is 6.31. The van der Waals surface area contributed by atoms with Gasteiger partial charge >= 0.3 is 0 Å². The summed E-state index contributed by atoms with van der Waals surface area (Å²) >= 11 is 5.99. The molecular formula is C24H27ClN4O. The van der Waals surface area contributed by atoms with E-state index >= 15 is 0 Å². The van der Waals surface area contributed by atoms with E-state index in [9.17, 15) is 0 Å². The Balaban J connectivity index is 1.26. The van der Waals surface area contributed by atoms with E-state index in [0.29, 0.717) is 12.5 Å². The molecule has 2 aromatic carbocycles. The molecular weight excluding hydrogens is 396 g/mol. The van der Waals surface area contributed by atoms with Gasteiger partial charge in [0, 0.05) is 17.5 Å². The molecule has 3 heterocycles. The van der Waals surface area contributed by atoms with Gasteiger partial charge < -0.3 is 14.2 Å². The van der Waals surface area contributed by atoms with Gasteiger partial charge in [-0.3, -0.25) is 0 Å². The number of nitrogens with zero attached hydrogens (tertiary/aromatic N) is 4. The van der Waals surface area contributed by atoms with E-state index in [2.05, 4.69) is 50.9 Å². The van der Waals surface area contributed by atoms with Gasteiger partial charge in [0.2, 0.25) is 0 Å². The number of aryl methyl sites for hydroxylation is 1. The molecule has 1 fully saturated rings. The molecule has 3 aromatic rings. The maximum atomic E-state index is 5.99. The van der Waals surface area contributed by atoms with Crippen LogP contribution in [-0.2, 0) is 13.0 Å². The number of benzene rings is 2. The van der Waals surface area contributed by atoms with Crippen LogP contribution in [0, 0.1) is 6.92 Å². The number of hydrogen-bond donors (Lipinski definition) is 0. The highest BCUT2D eigenvalue weighted by Crippen LogP contribution is 2.35. The van der Waals surface area contributed by atoms with Crippen LogP contribution in [0.2, 0.25) is 5.02 Å². The van der Waals surface area contributed by atoms with Crippen molar-refractivity contribution >= 4 is 11.6 Å². The molecule has 0 radical (unpaired) electrons. The monoisotopic (exact) mass is 422 g/mol. The predicted octanol–water partition coefficient (Wildman–Crippen LogP) is 4.72. The van der Waals surface area contributed by atoms with Crippen molar-refractivity contribution < 1.29 is 4.74 Å². The highest BCUT2D eigenvalue weighted by molar-refractivity contribution is 6.30. The molecule has 0 bridgehead atoms. The topological polar surface area (TPSA) is 43.2 Å². The average molecular weight is 423 g/mol. The molecule has 0 N–H and O–H groups in total. The van der Waals surface area contributed by atoms with Crippen molar-refractivity contribution in [3.63, 3.8) is 0 Å². The molecule has 1 saturated heterocycles. The van der Waals surface area contributed by atoms with Gasteiger partial charge in [0.15, 0.2) is 5.82 Å². The minimum absolute atomic E-state index is 0.462. The van der Waals surface area contributed by atoms with Crippen LogP contribution in [0.3, 0.4) is 0 Å². The largest absolute Gasteiger partial charge is 0.491 e. The molecule has 30 heavy (non-hydrogen) atoms. The maximum Gasteiger partial charge on any atom is 0.167 e. The zero-order valence-corrected chi connectivity index (χ0v) is 18.1. The molecule has 5 nitrogen and oxygen atoms in total. The normalized spacial score (nSPS) is 17.1. The summed E-state index contributed by atoms with van der Waals surface area (Å²) in [5.74, 6) is 3.45. The Bertz CT molecular complexity index is 1020. The van der Waals surface area contributed by atoms with Crippen LogP contribution in [0.25, 0.3) is 11.4 Å². The molecule has 0 spiro atoms. The first-order valence-corrected chi connectivity index (χ1v) is 11.2. The number of ether oxygens (including phenoxy) is 1. The van der Waals surface area contributed by atoms with Crippen molar-refractivity contribution in [1.29, 1.82) is 0 Å². The molecule has 0 unspecified atom stereocenters. The number of halogens is 1. The first-order chi connectivity index (χ1) is 14.7. The average Bonchev–Trinajstić information content (AvgIpc) is 3.10. The molecule has 2 aliphatic heterocycles. The third-order valence-corrected chi connectivity index (χ3v) is 6.56. The second kappa shape index (κ2) is 8.40. The summed E-state index contributed by atoms with van der Waals surface area (Å²) in [6.07, 6.45) is 3.32. The fourth-order valence-electron chi connectivity index (χ4n) is 4.58. The quantitative estimate of drug-likeness (QED) is 0.610. The van der Waals surface area contributed by atoms with Crippen LogP contribution in [0.15, 0.2) is 42.5 Å². The summed E-state index contributed by atoms with van der Waals surface area (Å²) in [6.45, 7) is 6.87. The summed E-state index contributed by atoms with van der Waals surface area (Å²) in [7, 11) is 0. The van der Waals surface area contributed by atoms with Gasteiger partial charge in [-0.2, -0.15) is 0 Å². The molecule has 0 atom stereocenters. The van der Waals surface area contributed by atoms with E-state index in [4.69, 9.17) is 16.3 Å². The molecule has 0 amide bonds. The minimum Gasteiger partial charge on any atom is -0.491 e. The van der Waals surface area contributed by atoms with Crippen molar-refractivity contribution in [1.82, 2.24) is 19.7 Å². The van der Waals surface area contributed by atoms with Gasteiger partial charge in [-0.15, -0.1) is 10.2 Å². The summed E-state index contributed by atoms with van der Waals surface area (Å²) < 4.78 is 8.27. The van der Waals surface area contributed by atoms with Crippen LogP contribution in [0.5, 0.6) is 5.75 Å². The molecule has 0 aliphatic carbocycles. The molecule has 156 valence electrons. The second-order valence-corrected chi connectivity index (χ2v) is 8.81. The lowest BCUT2D eigenvalue weighted by molar-refractivity contribution is 0.208. The second-order valence-electron chi connectivity index (χ2n) is 8.37. The van der Waals surface area contributed by atoms with Gasteiger partial charge in [-0.05, 0) is 69.1 Å². The van der Waals surface area contributed by atoms with Gasteiger partial charge in [-0.1, -0.05) is 35.4 Å².